The molecule has 0 aromatic heterocycles. The molecule has 0 spiro atoms. The molecule has 0 fully saturated rings. The Kier molecular flexibility index (Phi) is 4.24. The predicted octanol–water partition coefficient (Wildman–Crippen LogP) is -1.28. The molecule has 6 nitrogen and oxygen atoms in total. The van der Waals surface area contributed by atoms with E-state index in [2.05, 4.69) is 15.5 Å². The standard InChI is InChI=1S/C6H11NO5/c1-3(8)5(9)11-4(2)6(10)12-7/h3-4,8H,7H2,1-2H3. The zero-order chi connectivity index (χ0) is 9.72. The molecular weight excluding hydrogens is 166 g/mol. The topological polar surface area (TPSA) is 98.8 Å². The zero-order valence-electron chi connectivity index (χ0n) is 6.81. The van der Waals surface area contributed by atoms with E-state index in [1.165, 1.54) is 13.8 Å². The van der Waals surface area contributed by atoms with Gasteiger partial charge in [-0.25, -0.2) is 9.59 Å². The number of carbonyl (C=O) groups excluding carboxylic acids is 2. The van der Waals surface area contributed by atoms with E-state index in [0.29, 0.717) is 0 Å². The average Bonchev–Trinajstić information content (AvgIpc) is 2.02. The number of aliphatic hydroxyl groups is 1. The Balaban J connectivity index is 3.92. The molecule has 0 rings (SSSR count). The van der Waals surface area contributed by atoms with Crippen molar-refractivity contribution in [3.05, 3.63) is 0 Å². The van der Waals surface area contributed by atoms with Crippen LogP contribution in [-0.2, 0) is 19.2 Å². The van der Waals surface area contributed by atoms with E-state index in [-0.39, 0.29) is 0 Å². The van der Waals surface area contributed by atoms with Crippen molar-refractivity contribution in [2.75, 3.05) is 0 Å². The first kappa shape index (κ1) is 10.9. The van der Waals surface area contributed by atoms with Crippen LogP contribution >= 0.6 is 0 Å². The largest absolute Gasteiger partial charge is 0.449 e. The molecule has 0 radical (unpaired) electrons. The van der Waals surface area contributed by atoms with Crippen LogP contribution in [0.25, 0.3) is 0 Å². The molecule has 0 amide bonds. The molecule has 12 heavy (non-hydrogen) atoms. The molecule has 0 aliphatic carbocycles. The molecule has 0 aliphatic rings. The van der Waals surface area contributed by atoms with Gasteiger partial charge in [-0.05, 0) is 13.8 Å². The molecule has 2 atom stereocenters. The molecule has 2 unspecified atom stereocenters. The van der Waals surface area contributed by atoms with Gasteiger partial charge < -0.3 is 14.7 Å². The normalized spacial score (nSPS) is 14.7. The lowest BCUT2D eigenvalue weighted by Gasteiger charge is -2.10. The highest BCUT2D eigenvalue weighted by Gasteiger charge is 2.20. The van der Waals surface area contributed by atoms with Gasteiger partial charge in [0.15, 0.2) is 6.10 Å². The van der Waals surface area contributed by atoms with Crippen molar-refractivity contribution in [3.63, 3.8) is 0 Å². The molecule has 6 heteroatoms. The lowest BCUT2D eigenvalue weighted by molar-refractivity contribution is -0.171. The van der Waals surface area contributed by atoms with Gasteiger partial charge in [-0.15, -0.1) is 0 Å². The van der Waals surface area contributed by atoms with Crippen LogP contribution in [0.1, 0.15) is 13.8 Å². The monoisotopic (exact) mass is 177 g/mol. The molecule has 70 valence electrons. The van der Waals surface area contributed by atoms with Crippen molar-refractivity contribution in [1.82, 2.24) is 0 Å². The quantitative estimate of drug-likeness (QED) is 0.411. The van der Waals surface area contributed by atoms with Crippen molar-refractivity contribution in [1.29, 1.82) is 0 Å². The lowest BCUT2D eigenvalue weighted by Crippen LogP contribution is -2.31. The van der Waals surface area contributed by atoms with E-state index in [1.807, 2.05) is 0 Å². The van der Waals surface area contributed by atoms with Gasteiger partial charge in [0, 0.05) is 0 Å². The highest BCUT2D eigenvalue weighted by molar-refractivity contribution is 5.80. The summed E-state index contributed by atoms with van der Waals surface area (Å²) in [4.78, 5) is 25.0. The zero-order valence-corrected chi connectivity index (χ0v) is 6.81. The second-order valence-corrected chi connectivity index (χ2v) is 2.19. The molecule has 0 bridgehead atoms. The highest BCUT2D eigenvalue weighted by Crippen LogP contribution is 1.96. The second kappa shape index (κ2) is 4.68. The summed E-state index contributed by atoms with van der Waals surface area (Å²) in [6.45, 7) is 2.51. The van der Waals surface area contributed by atoms with Crippen LogP contribution in [0.3, 0.4) is 0 Å². The average molecular weight is 177 g/mol. The van der Waals surface area contributed by atoms with Gasteiger partial charge in [-0.2, -0.15) is 5.90 Å². The summed E-state index contributed by atoms with van der Waals surface area (Å²) in [6.07, 6.45) is -2.37. The van der Waals surface area contributed by atoms with Crippen molar-refractivity contribution in [2.45, 2.75) is 26.1 Å². The van der Waals surface area contributed by atoms with Gasteiger partial charge >= 0.3 is 11.9 Å². The van der Waals surface area contributed by atoms with E-state index < -0.39 is 24.1 Å². The van der Waals surface area contributed by atoms with Crippen LogP contribution in [0.2, 0.25) is 0 Å². The molecule has 0 heterocycles. The smallest absolute Gasteiger partial charge is 0.365 e. The van der Waals surface area contributed by atoms with Crippen LogP contribution in [0.15, 0.2) is 0 Å². The van der Waals surface area contributed by atoms with Crippen LogP contribution in [-0.4, -0.2) is 29.3 Å². The molecule has 0 aromatic rings. The summed E-state index contributed by atoms with van der Waals surface area (Å²) < 4.78 is 4.42. The van der Waals surface area contributed by atoms with Crippen molar-refractivity contribution in [3.8, 4) is 0 Å². The third-order valence-electron chi connectivity index (χ3n) is 1.08. The van der Waals surface area contributed by atoms with E-state index in [4.69, 9.17) is 5.11 Å². The molecule has 0 saturated carbocycles. The van der Waals surface area contributed by atoms with Gasteiger partial charge in [-0.1, -0.05) is 0 Å². The Hall–Kier alpha value is -1.14. The van der Waals surface area contributed by atoms with Crippen LogP contribution < -0.4 is 5.90 Å². The van der Waals surface area contributed by atoms with Crippen molar-refractivity contribution < 1.29 is 24.3 Å². The minimum absolute atomic E-state index is 0.871. The summed E-state index contributed by atoms with van der Waals surface area (Å²) >= 11 is 0. The SMILES string of the molecule is CC(O)C(=O)OC(C)C(=O)ON. The van der Waals surface area contributed by atoms with E-state index in [0.717, 1.165) is 0 Å². The maximum Gasteiger partial charge on any atom is 0.365 e. The van der Waals surface area contributed by atoms with E-state index in [1.54, 1.807) is 0 Å². The molecule has 0 saturated heterocycles. The number of hydrogen-bond acceptors (Lipinski definition) is 6. The summed E-state index contributed by atoms with van der Waals surface area (Å²) in [6, 6.07) is 0. The Labute approximate surface area is 69.2 Å². The Morgan fingerprint density at radius 3 is 2.17 bits per heavy atom. The molecular formula is C6H11NO5. The van der Waals surface area contributed by atoms with E-state index >= 15 is 0 Å². The van der Waals surface area contributed by atoms with Gasteiger partial charge in [0.2, 0.25) is 0 Å². The molecule has 0 aromatic carbocycles. The third kappa shape index (κ3) is 3.31. The number of carbonyl (C=O) groups is 2. The summed E-state index contributed by atoms with van der Waals surface area (Å²) in [5.41, 5.74) is 0. The highest BCUT2D eigenvalue weighted by atomic mass is 16.7. The number of rotatable bonds is 3. The lowest BCUT2D eigenvalue weighted by atomic mass is 10.4. The van der Waals surface area contributed by atoms with Gasteiger partial charge in [0.1, 0.15) is 6.10 Å². The summed E-state index contributed by atoms with van der Waals surface area (Å²) in [5.74, 6) is 2.75. The first-order valence-electron chi connectivity index (χ1n) is 3.28. The van der Waals surface area contributed by atoms with Crippen LogP contribution in [0.5, 0.6) is 0 Å². The van der Waals surface area contributed by atoms with Crippen LogP contribution in [0.4, 0.5) is 0 Å². The molecule has 3 N–H and O–H groups in total. The maximum atomic E-state index is 10.7. The number of hydrogen-bond donors (Lipinski definition) is 2. The Bertz CT molecular complexity index is 179. The fourth-order valence-electron chi connectivity index (χ4n) is 0.417. The Morgan fingerprint density at radius 2 is 1.83 bits per heavy atom. The first-order chi connectivity index (χ1) is 5.49. The number of ether oxygens (including phenoxy) is 1. The number of aliphatic hydroxyl groups excluding tert-OH is 1. The molecule has 0 aliphatic heterocycles. The fraction of sp³-hybridized carbons (Fsp3) is 0.667. The minimum atomic E-state index is -1.27. The summed E-state index contributed by atoms with van der Waals surface area (Å²) in [7, 11) is 0. The predicted molar refractivity (Wildman–Crippen MR) is 37.5 cm³/mol. The van der Waals surface area contributed by atoms with E-state index in [9.17, 15) is 9.59 Å². The van der Waals surface area contributed by atoms with Gasteiger partial charge in [0.25, 0.3) is 0 Å². The number of esters is 1. The second-order valence-electron chi connectivity index (χ2n) is 2.19. The third-order valence-corrected chi connectivity index (χ3v) is 1.08. The van der Waals surface area contributed by atoms with Crippen molar-refractivity contribution in [2.24, 2.45) is 5.90 Å². The summed E-state index contributed by atoms with van der Waals surface area (Å²) in [5, 5.41) is 8.67. The minimum Gasteiger partial charge on any atom is -0.449 e. The maximum absolute atomic E-state index is 10.7. The number of nitrogens with two attached hydrogens (primary N) is 1. The Morgan fingerprint density at radius 1 is 1.33 bits per heavy atom. The first-order valence-corrected chi connectivity index (χ1v) is 3.28. The van der Waals surface area contributed by atoms with Crippen LogP contribution in [0, 0.1) is 0 Å². The van der Waals surface area contributed by atoms with Gasteiger partial charge in [0.05, 0.1) is 0 Å². The van der Waals surface area contributed by atoms with Gasteiger partial charge in [-0.3, -0.25) is 0 Å². The van der Waals surface area contributed by atoms with Crippen molar-refractivity contribution >= 4 is 11.9 Å². The fourth-order valence-corrected chi connectivity index (χ4v) is 0.417.